The van der Waals surface area contributed by atoms with Gasteiger partial charge in [-0.2, -0.15) is 0 Å². The highest BCUT2D eigenvalue weighted by molar-refractivity contribution is 5.75. The van der Waals surface area contributed by atoms with E-state index < -0.39 is 0 Å². The standard InChI is InChI=1S/C14H30N4O/c1-13(11-15)12-18-8-4-7-17(9-10-18)6-3-5-14(19)16-2/h13H,3-12,15H2,1-2H3,(H,16,19). The molecule has 1 unspecified atom stereocenters. The maximum Gasteiger partial charge on any atom is 0.219 e. The van der Waals surface area contributed by atoms with E-state index in [2.05, 4.69) is 22.0 Å². The van der Waals surface area contributed by atoms with Gasteiger partial charge in [-0.3, -0.25) is 4.79 Å². The highest BCUT2D eigenvalue weighted by Gasteiger charge is 2.16. The molecular weight excluding hydrogens is 240 g/mol. The summed E-state index contributed by atoms with van der Waals surface area (Å²) in [5.41, 5.74) is 5.69. The SMILES string of the molecule is CNC(=O)CCCN1CCCN(CC(C)CN)CC1. The lowest BCUT2D eigenvalue weighted by atomic mass is 10.1. The molecule has 1 rings (SSSR count). The van der Waals surface area contributed by atoms with Gasteiger partial charge in [-0.05, 0) is 44.9 Å². The Kier molecular flexibility index (Phi) is 8.02. The molecule has 1 aliphatic rings. The van der Waals surface area contributed by atoms with Crippen molar-refractivity contribution in [3.8, 4) is 0 Å². The van der Waals surface area contributed by atoms with Crippen LogP contribution in [0.25, 0.3) is 0 Å². The van der Waals surface area contributed by atoms with Crippen LogP contribution < -0.4 is 11.1 Å². The molecule has 0 saturated carbocycles. The van der Waals surface area contributed by atoms with E-state index in [9.17, 15) is 4.79 Å². The molecule has 5 heteroatoms. The van der Waals surface area contributed by atoms with E-state index in [1.165, 1.54) is 13.0 Å². The van der Waals surface area contributed by atoms with Crippen molar-refractivity contribution in [2.45, 2.75) is 26.2 Å². The molecule has 1 aliphatic heterocycles. The summed E-state index contributed by atoms with van der Waals surface area (Å²) in [6.45, 7) is 9.71. The zero-order valence-corrected chi connectivity index (χ0v) is 12.5. The fourth-order valence-electron chi connectivity index (χ4n) is 2.53. The maximum atomic E-state index is 11.2. The molecule has 112 valence electrons. The highest BCUT2D eigenvalue weighted by Crippen LogP contribution is 2.07. The molecule has 5 nitrogen and oxygen atoms in total. The van der Waals surface area contributed by atoms with Crippen molar-refractivity contribution in [3.63, 3.8) is 0 Å². The topological polar surface area (TPSA) is 61.6 Å². The summed E-state index contributed by atoms with van der Waals surface area (Å²) >= 11 is 0. The second-order valence-electron chi connectivity index (χ2n) is 5.61. The molecule has 0 spiro atoms. The first-order chi connectivity index (χ1) is 9.15. The molecule has 0 aromatic rings. The molecule has 0 aromatic heterocycles. The zero-order chi connectivity index (χ0) is 14.1. The molecule has 0 bridgehead atoms. The summed E-state index contributed by atoms with van der Waals surface area (Å²) < 4.78 is 0. The van der Waals surface area contributed by atoms with Gasteiger partial charge in [-0.25, -0.2) is 0 Å². The van der Waals surface area contributed by atoms with Gasteiger partial charge in [-0.15, -0.1) is 0 Å². The average Bonchev–Trinajstić information content (AvgIpc) is 2.64. The Bertz CT molecular complexity index is 260. The number of amides is 1. The Hall–Kier alpha value is -0.650. The first-order valence-corrected chi connectivity index (χ1v) is 7.51. The Balaban J connectivity index is 2.20. The van der Waals surface area contributed by atoms with E-state index in [4.69, 9.17) is 5.73 Å². The molecule has 0 radical (unpaired) electrons. The smallest absolute Gasteiger partial charge is 0.219 e. The van der Waals surface area contributed by atoms with Crippen LogP contribution in [0.1, 0.15) is 26.2 Å². The quantitative estimate of drug-likeness (QED) is 0.689. The Labute approximate surface area is 117 Å². The van der Waals surface area contributed by atoms with Crippen LogP contribution in [0.2, 0.25) is 0 Å². The molecular formula is C14H30N4O. The van der Waals surface area contributed by atoms with Crippen molar-refractivity contribution < 1.29 is 4.79 Å². The zero-order valence-electron chi connectivity index (χ0n) is 12.5. The van der Waals surface area contributed by atoms with Gasteiger partial charge in [0.15, 0.2) is 0 Å². The van der Waals surface area contributed by atoms with E-state index in [0.29, 0.717) is 12.3 Å². The molecule has 3 N–H and O–H groups in total. The summed E-state index contributed by atoms with van der Waals surface area (Å²) in [6.07, 6.45) is 2.82. The van der Waals surface area contributed by atoms with Gasteiger partial charge in [0.25, 0.3) is 0 Å². The van der Waals surface area contributed by atoms with E-state index in [1.54, 1.807) is 7.05 Å². The summed E-state index contributed by atoms with van der Waals surface area (Å²) in [7, 11) is 1.70. The summed E-state index contributed by atoms with van der Waals surface area (Å²) in [5, 5.41) is 2.67. The van der Waals surface area contributed by atoms with Gasteiger partial charge in [0.05, 0.1) is 0 Å². The van der Waals surface area contributed by atoms with Crippen LogP contribution >= 0.6 is 0 Å². The first-order valence-electron chi connectivity index (χ1n) is 7.51. The Morgan fingerprint density at radius 1 is 1.26 bits per heavy atom. The minimum Gasteiger partial charge on any atom is -0.359 e. The Morgan fingerprint density at radius 3 is 2.63 bits per heavy atom. The number of carbonyl (C=O) groups is 1. The lowest BCUT2D eigenvalue weighted by Crippen LogP contribution is -2.35. The third-order valence-corrected chi connectivity index (χ3v) is 3.81. The van der Waals surface area contributed by atoms with Crippen molar-refractivity contribution in [3.05, 3.63) is 0 Å². The van der Waals surface area contributed by atoms with Crippen LogP contribution in [0.4, 0.5) is 0 Å². The summed E-state index contributed by atoms with van der Waals surface area (Å²) in [4.78, 5) is 16.2. The van der Waals surface area contributed by atoms with Crippen molar-refractivity contribution in [2.24, 2.45) is 11.7 Å². The molecule has 0 aromatic carbocycles. The largest absolute Gasteiger partial charge is 0.359 e. The molecule has 1 amide bonds. The third-order valence-electron chi connectivity index (χ3n) is 3.81. The van der Waals surface area contributed by atoms with Crippen molar-refractivity contribution in [2.75, 3.05) is 52.9 Å². The Morgan fingerprint density at radius 2 is 1.95 bits per heavy atom. The van der Waals surface area contributed by atoms with Crippen LogP contribution in [0, 0.1) is 5.92 Å². The van der Waals surface area contributed by atoms with Gasteiger partial charge >= 0.3 is 0 Å². The first kappa shape index (κ1) is 16.4. The number of carbonyl (C=O) groups excluding carboxylic acids is 1. The minimum absolute atomic E-state index is 0.146. The molecule has 19 heavy (non-hydrogen) atoms. The van der Waals surface area contributed by atoms with Crippen LogP contribution in [-0.4, -0.2) is 68.6 Å². The van der Waals surface area contributed by atoms with E-state index in [0.717, 1.165) is 45.7 Å². The van der Waals surface area contributed by atoms with Crippen LogP contribution in [0.15, 0.2) is 0 Å². The second kappa shape index (κ2) is 9.28. The molecule has 1 fully saturated rings. The van der Waals surface area contributed by atoms with E-state index >= 15 is 0 Å². The van der Waals surface area contributed by atoms with Crippen LogP contribution in [0.3, 0.4) is 0 Å². The van der Waals surface area contributed by atoms with Gasteiger partial charge in [0.2, 0.25) is 5.91 Å². The second-order valence-corrected chi connectivity index (χ2v) is 5.61. The molecule has 1 heterocycles. The normalized spacial score (nSPS) is 19.9. The number of hydrogen-bond acceptors (Lipinski definition) is 4. The number of hydrogen-bond donors (Lipinski definition) is 2. The number of nitrogens with one attached hydrogen (secondary N) is 1. The number of nitrogens with zero attached hydrogens (tertiary/aromatic N) is 2. The van der Waals surface area contributed by atoms with Crippen LogP contribution in [-0.2, 0) is 4.79 Å². The summed E-state index contributed by atoms with van der Waals surface area (Å²) in [5.74, 6) is 0.730. The number of rotatable bonds is 7. The lowest BCUT2D eigenvalue weighted by Gasteiger charge is -2.24. The van der Waals surface area contributed by atoms with Crippen molar-refractivity contribution in [1.82, 2.24) is 15.1 Å². The molecule has 0 aliphatic carbocycles. The van der Waals surface area contributed by atoms with Gasteiger partial charge in [0.1, 0.15) is 0 Å². The highest BCUT2D eigenvalue weighted by atomic mass is 16.1. The molecule has 1 saturated heterocycles. The fraction of sp³-hybridized carbons (Fsp3) is 0.929. The van der Waals surface area contributed by atoms with E-state index in [-0.39, 0.29) is 5.91 Å². The molecule has 1 atom stereocenters. The monoisotopic (exact) mass is 270 g/mol. The van der Waals surface area contributed by atoms with Crippen molar-refractivity contribution >= 4 is 5.91 Å². The predicted octanol–water partition coefficient (Wildman–Crippen LogP) is 0.115. The van der Waals surface area contributed by atoms with Gasteiger partial charge in [0, 0.05) is 33.1 Å². The van der Waals surface area contributed by atoms with Gasteiger partial charge < -0.3 is 20.9 Å². The predicted molar refractivity (Wildman–Crippen MR) is 79.0 cm³/mol. The minimum atomic E-state index is 0.146. The van der Waals surface area contributed by atoms with Crippen LogP contribution in [0.5, 0.6) is 0 Å². The third kappa shape index (κ3) is 6.89. The van der Waals surface area contributed by atoms with E-state index in [1.807, 2.05) is 0 Å². The summed E-state index contributed by atoms with van der Waals surface area (Å²) in [6, 6.07) is 0. The number of nitrogens with two attached hydrogens (primary N) is 1. The van der Waals surface area contributed by atoms with Gasteiger partial charge in [-0.1, -0.05) is 6.92 Å². The lowest BCUT2D eigenvalue weighted by molar-refractivity contribution is -0.120. The van der Waals surface area contributed by atoms with Crippen molar-refractivity contribution in [1.29, 1.82) is 0 Å². The average molecular weight is 270 g/mol. The fourth-order valence-corrected chi connectivity index (χ4v) is 2.53. The maximum absolute atomic E-state index is 11.2.